The van der Waals surface area contributed by atoms with Gasteiger partial charge >= 0.3 is 5.69 Å². The van der Waals surface area contributed by atoms with Crippen LogP contribution in [0, 0.1) is 0 Å². The van der Waals surface area contributed by atoms with Crippen LogP contribution < -0.4 is 16.6 Å². The third kappa shape index (κ3) is 3.76. The van der Waals surface area contributed by atoms with Crippen molar-refractivity contribution in [1.82, 2.24) is 19.9 Å². The van der Waals surface area contributed by atoms with Crippen LogP contribution in [0.5, 0.6) is 0 Å². The molecule has 3 heterocycles. The van der Waals surface area contributed by atoms with Gasteiger partial charge in [0, 0.05) is 29.2 Å². The summed E-state index contributed by atoms with van der Waals surface area (Å²) in [4.78, 5) is 43.3. The summed E-state index contributed by atoms with van der Waals surface area (Å²) in [5.74, 6) is -0.161. The van der Waals surface area contributed by atoms with Gasteiger partial charge < -0.3 is 15.3 Å². The summed E-state index contributed by atoms with van der Waals surface area (Å²) in [5.41, 5.74) is 3.35. The number of amides is 1. The normalized spacial score (nSPS) is 11.2. The Hall–Kier alpha value is -3.91. The zero-order valence-electron chi connectivity index (χ0n) is 17.1. The van der Waals surface area contributed by atoms with E-state index in [-0.39, 0.29) is 18.0 Å². The lowest BCUT2D eigenvalue weighted by atomic mass is 10.1. The minimum atomic E-state index is -0.444. The van der Waals surface area contributed by atoms with E-state index in [4.69, 9.17) is 0 Å². The Morgan fingerprint density at radius 2 is 1.81 bits per heavy atom. The van der Waals surface area contributed by atoms with E-state index in [1.807, 2.05) is 24.4 Å². The second kappa shape index (κ2) is 8.32. The summed E-state index contributed by atoms with van der Waals surface area (Å²) >= 11 is 1.30. The Balaban J connectivity index is 1.24. The third-order valence-electron chi connectivity index (χ3n) is 5.50. The zero-order chi connectivity index (χ0) is 22.1. The molecule has 7 nitrogen and oxygen atoms in total. The van der Waals surface area contributed by atoms with Crippen LogP contribution in [0.15, 0.2) is 75.8 Å². The van der Waals surface area contributed by atoms with E-state index in [1.54, 1.807) is 35.7 Å². The van der Waals surface area contributed by atoms with Gasteiger partial charge in [0.25, 0.3) is 11.5 Å². The highest BCUT2D eigenvalue weighted by atomic mass is 32.1. The molecule has 0 saturated carbocycles. The fourth-order valence-electron chi connectivity index (χ4n) is 3.81. The predicted molar refractivity (Wildman–Crippen MR) is 127 cm³/mol. The molecule has 3 N–H and O–H groups in total. The molecule has 5 rings (SSSR count). The van der Waals surface area contributed by atoms with Crippen molar-refractivity contribution in [3.8, 4) is 0 Å². The Kier molecular flexibility index (Phi) is 5.20. The molecule has 32 heavy (non-hydrogen) atoms. The Morgan fingerprint density at radius 3 is 2.66 bits per heavy atom. The summed E-state index contributed by atoms with van der Waals surface area (Å²) in [6.07, 6.45) is 2.70. The van der Waals surface area contributed by atoms with E-state index in [0.717, 1.165) is 28.5 Å². The van der Waals surface area contributed by atoms with E-state index >= 15 is 0 Å². The molecule has 3 aromatic heterocycles. The van der Waals surface area contributed by atoms with Gasteiger partial charge in [0.2, 0.25) is 0 Å². The maximum atomic E-state index is 12.6. The largest absolute Gasteiger partial charge is 0.361 e. The standard InChI is InChI=1S/C24H20N4O3S/c29-22(25-11-9-17-13-26-19-4-2-1-3-18(17)19)16-7-5-15(6-8-16)14-28-23(30)21-20(10-12-32-21)27-24(28)31/h1-8,10,12-13,26H,9,11,14H2,(H,25,29)(H,27,31). The van der Waals surface area contributed by atoms with Crippen molar-refractivity contribution in [3.05, 3.63) is 104 Å². The maximum Gasteiger partial charge on any atom is 0.329 e. The molecule has 8 heteroatoms. The van der Waals surface area contributed by atoms with Crippen molar-refractivity contribution in [3.63, 3.8) is 0 Å². The highest BCUT2D eigenvalue weighted by molar-refractivity contribution is 7.17. The maximum absolute atomic E-state index is 12.6. The minimum Gasteiger partial charge on any atom is -0.361 e. The molecule has 0 atom stereocenters. The molecular weight excluding hydrogens is 424 g/mol. The van der Waals surface area contributed by atoms with Crippen molar-refractivity contribution in [2.24, 2.45) is 0 Å². The van der Waals surface area contributed by atoms with Gasteiger partial charge in [-0.1, -0.05) is 30.3 Å². The van der Waals surface area contributed by atoms with E-state index in [9.17, 15) is 14.4 Å². The highest BCUT2D eigenvalue weighted by Crippen LogP contribution is 2.18. The van der Waals surface area contributed by atoms with Gasteiger partial charge in [-0.15, -0.1) is 11.3 Å². The smallest absolute Gasteiger partial charge is 0.329 e. The number of thiophene rings is 1. The number of rotatable bonds is 6. The first-order chi connectivity index (χ1) is 15.6. The Morgan fingerprint density at radius 1 is 1.00 bits per heavy atom. The zero-order valence-corrected chi connectivity index (χ0v) is 17.9. The lowest BCUT2D eigenvalue weighted by molar-refractivity contribution is 0.0954. The van der Waals surface area contributed by atoms with Gasteiger partial charge in [0.15, 0.2) is 0 Å². The molecule has 0 aliphatic rings. The third-order valence-corrected chi connectivity index (χ3v) is 6.41. The van der Waals surface area contributed by atoms with Gasteiger partial charge in [-0.25, -0.2) is 4.79 Å². The summed E-state index contributed by atoms with van der Waals surface area (Å²) < 4.78 is 1.70. The number of nitrogens with one attached hydrogen (secondary N) is 3. The van der Waals surface area contributed by atoms with Crippen molar-refractivity contribution in [2.45, 2.75) is 13.0 Å². The lowest BCUT2D eigenvalue weighted by Crippen LogP contribution is -2.34. The van der Waals surface area contributed by atoms with Crippen molar-refractivity contribution in [1.29, 1.82) is 0 Å². The molecule has 0 radical (unpaired) electrons. The fraction of sp³-hybridized carbons (Fsp3) is 0.125. The molecule has 0 unspecified atom stereocenters. The number of fused-ring (bicyclic) bond motifs is 2. The minimum absolute atomic E-state index is 0.143. The Bertz CT molecular complexity index is 1540. The van der Waals surface area contributed by atoms with Crippen molar-refractivity contribution < 1.29 is 4.79 Å². The van der Waals surface area contributed by atoms with E-state index in [2.05, 4.69) is 21.4 Å². The number of hydrogen-bond acceptors (Lipinski definition) is 4. The molecule has 5 aromatic rings. The van der Waals surface area contributed by atoms with Crippen LogP contribution in [0.3, 0.4) is 0 Å². The summed E-state index contributed by atoms with van der Waals surface area (Å²) in [6.45, 7) is 0.665. The number of nitrogens with zero attached hydrogens (tertiary/aromatic N) is 1. The van der Waals surface area contributed by atoms with Crippen molar-refractivity contribution >= 4 is 38.4 Å². The second-order valence-electron chi connectivity index (χ2n) is 7.55. The van der Waals surface area contributed by atoms with Gasteiger partial charge in [0.05, 0.1) is 12.1 Å². The average molecular weight is 445 g/mol. The van der Waals surface area contributed by atoms with E-state index < -0.39 is 5.69 Å². The number of carbonyl (C=O) groups excluding carboxylic acids is 1. The highest BCUT2D eigenvalue weighted by Gasteiger charge is 2.11. The van der Waals surface area contributed by atoms with E-state index in [0.29, 0.717) is 22.3 Å². The molecule has 0 spiro atoms. The summed E-state index contributed by atoms with van der Waals surface area (Å²) in [7, 11) is 0. The SMILES string of the molecule is O=C(NCCc1c[nH]c2ccccc12)c1ccc(Cn2c(=O)[nH]c3ccsc3c2=O)cc1. The molecular formula is C24H20N4O3S. The first kappa shape index (κ1) is 20.0. The Labute approximate surface area is 186 Å². The van der Waals surface area contributed by atoms with Gasteiger partial charge in [-0.2, -0.15) is 0 Å². The van der Waals surface area contributed by atoms with E-state index in [1.165, 1.54) is 15.9 Å². The van der Waals surface area contributed by atoms with Crippen LogP contribution in [-0.2, 0) is 13.0 Å². The van der Waals surface area contributed by atoms with Crippen LogP contribution in [-0.4, -0.2) is 27.0 Å². The van der Waals surface area contributed by atoms with Crippen LogP contribution in [0.25, 0.3) is 21.1 Å². The number of aromatic amines is 2. The average Bonchev–Trinajstić information content (AvgIpc) is 3.44. The number of para-hydroxylation sites is 1. The van der Waals surface area contributed by atoms with Gasteiger partial charge in [0.1, 0.15) is 4.70 Å². The number of carbonyl (C=O) groups is 1. The molecule has 160 valence electrons. The van der Waals surface area contributed by atoms with Crippen LogP contribution in [0.1, 0.15) is 21.5 Å². The molecule has 0 saturated heterocycles. The molecule has 0 aliphatic heterocycles. The summed E-state index contributed by atoms with van der Waals surface area (Å²) in [5, 5.41) is 5.88. The second-order valence-corrected chi connectivity index (χ2v) is 8.46. The molecule has 0 bridgehead atoms. The predicted octanol–water partition coefficient (Wildman–Crippen LogP) is 3.25. The van der Waals surface area contributed by atoms with Gasteiger partial charge in [-0.3, -0.25) is 14.2 Å². The van der Waals surface area contributed by atoms with Gasteiger partial charge in [-0.05, 0) is 47.2 Å². The lowest BCUT2D eigenvalue weighted by Gasteiger charge is -2.08. The van der Waals surface area contributed by atoms with Crippen molar-refractivity contribution in [2.75, 3.05) is 6.54 Å². The molecule has 2 aromatic carbocycles. The number of benzene rings is 2. The monoisotopic (exact) mass is 444 g/mol. The number of hydrogen-bond donors (Lipinski definition) is 3. The fourth-order valence-corrected chi connectivity index (χ4v) is 4.61. The van der Waals surface area contributed by atoms with Crippen LogP contribution in [0.2, 0.25) is 0 Å². The quantitative estimate of drug-likeness (QED) is 0.375. The first-order valence-corrected chi connectivity index (χ1v) is 11.1. The van der Waals surface area contributed by atoms with Crippen LogP contribution >= 0.6 is 11.3 Å². The topological polar surface area (TPSA) is 99.8 Å². The van der Waals surface area contributed by atoms with Crippen LogP contribution in [0.4, 0.5) is 0 Å². The molecule has 1 amide bonds. The first-order valence-electron chi connectivity index (χ1n) is 10.2. The molecule has 0 fully saturated rings. The molecule has 0 aliphatic carbocycles. The summed E-state index contributed by atoms with van der Waals surface area (Å²) in [6, 6.07) is 16.7. The number of aromatic nitrogens is 3. The number of H-pyrrole nitrogens is 2.